The van der Waals surface area contributed by atoms with Crippen LogP contribution in [-0.2, 0) is 14.6 Å². The molecule has 0 bridgehead atoms. The summed E-state index contributed by atoms with van der Waals surface area (Å²) in [5.74, 6) is 0.180. The van der Waals surface area contributed by atoms with E-state index in [2.05, 4.69) is 10.2 Å². The molecule has 1 aliphatic heterocycles. The highest BCUT2D eigenvalue weighted by Gasteiger charge is 2.35. The van der Waals surface area contributed by atoms with Gasteiger partial charge in [-0.3, -0.25) is 4.79 Å². The Labute approximate surface area is 235 Å². The number of anilines is 1. The lowest BCUT2D eigenvalue weighted by Crippen LogP contribution is -2.52. The number of rotatable bonds is 11. The van der Waals surface area contributed by atoms with Crippen molar-refractivity contribution < 1.29 is 22.7 Å². The number of halogens is 1. The Morgan fingerprint density at radius 3 is 2.51 bits per heavy atom. The Balaban J connectivity index is 1.25. The molecule has 3 aromatic carbocycles. The van der Waals surface area contributed by atoms with E-state index in [0.717, 1.165) is 49.7 Å². The number of benzene rings is 3. The van der Waals surface area contributed by atoms with Crippen molar-refractivity contribution in [3.8, 4) is 5.75 Å². The molecule has 0 spiro atoms. The van der Waals surface area contributed by atoms with E-state index in [1.807, 2.05) is 30.3 Å². The molecule has 0 aliphatic carbocycles. The first-order valence-corrected chi connectivity index (χ1v) is 15.1. The van der Waals surface area contributed by atoms with E-state index in [9.17, 15) is 13.2 Å². The van der Waals surface area contributed by atoms with Crippen molar-refractivity contribution in [2.75, 3.05) is 51.9 Å². The number of unbranched alkanes of at least 4 members (excludes halogenated alkanes) is 1. The van der Waals surface area contributed by atoms with E-state index in [0.29, 0.717) is 39.9 Å². The smallest absolute Gasteiger partial charge is 0.255 e. The number of ether oxygens (including phenoxy) is 2. The molecule has 10 heteroatoms. The van der Waals surface area contributed by atoms with Crippen LogP contribution in [-0.4, -0.2) is 71.0 Å². The van der Waals surface area contributed by atoms with Gasteiger partial charge in [-0.15, -0.1) is 0 Å². The Hall–Kier alpha value is -2.85. The molecule has 1 heterocycles. The summed E-state index contributed by atoms with van der Waals surface area (Å²) in [6.07, 6.45) is 2.88. The molecular formula is C29H36ClN3O5S. The molecule has 1 amide bonds. The lowest BCUT2D eigenvalue weighted by Gasteiger charge is -2.41. The summed E-state index contributed by atoms with van der Waals surface area (Å²) >= 11 is 6.11. The number of carbonyl (C=O) groups is 1. The van der Waals surface area contributed by atoms with Crippen LogP contribution >= 0.6 is 11.6 Å². The predicted molar refractivity (Wildman–Crippen MR) is 155 cm³/mol. The lowest BCUT2D eigenvalue weighted by atomic mass is 9.90. The number of amides is 1. The number of hydrogen-bond donors (Lipinski definition) is 2. The summed E-state index contributed by atoms with van der Waals surface area (Å²) in [7, 11) is -0.220. The number of hydrogen-bond acceptors (Lipinski definition) is 7. The molecule has 4 rings (SSSR count). The molecule has 0 unspecified atom stereocenters. The molecule has 210 valence electrons. The van der Waals surface area contributed by atoms with Crippen LogP contribution in [0.1, 0.15) is 36.0 Å². The van der Waals surface area contributed by atoms with E-state index in [-0.39, 0.29) is 11.7 Å². The third kappa shape index (κ3) is 6.84. The van der Waals surface area contributed by atoms with Crippen molar-refractivity contribution in [1.82, 2.24) is 10.2 Å². The first-order chi connectivity index (χ1) is 18.7. The summed E-state index contributed by atoms with van der Waals surface area (Å²) in [6.45, 7) is 2.77. The fourth-order valence-electron chi connectivity index (χ4n) is 5.09. The molecule has 0 saturated carbocycles. The SMILES string of the molecule is COc1cc(N)c(Cl)cc1C(=O)NCC1(OC)CCN(CCCCS(=O)(=O)c2cccc3ccccc23)CC1. The van der Waals surface area contributed by atoms with Gasteiger partial charge in [-0.05, 0) is 49.7 Å². The number of fused-ring (bicyclic) bond motifs is 1. The van der Waals surface area contributed by atoms with Gasteiger partial charge >= 0.3 is 0 Å². The average molecular weight is 574 g/mol. The molecule has 1 fully saturated rings. The molecular weight excluding hydrogens is 538 g/mol. The minimum Gasteiger partial charge on any atom is -0.496 e. The summed E-state index contributed by atoms with van der Waals surface area (Å²) in [4.78, 5) is 15.6. The van der Waals surface area contributed by atoms with E-state index in [4.69, 9.17) is 26.8 Å². The van der Waals surface area contributed by atoms with E-state index < -0.39 is 15.4 Å². The van der Waals surface area contributed by atoms with E-state index in [1.54, 1.807) is 19.2 Å². The second kappa shape index (κ2) is 12.6. The van der Waals surface area contributed by atoms with Crippen LogP contribution in [0.4, 0.5) is 5.69 Å². The Morgan fingerprint density at radius 2 is 1.79 bits per heavy atom. The second-order valence-electron chi connectivity index (χ2n) is 9.99. The number of nitrogens with zero attached hydrogens (tertiary/aromatic N) is 1. The largest absolute Gasteiger partial charge is 0.496 e. The van der Waals surface area contributed by atoms with Gasteiger partial charge in [0.2, 0.25) is 0 Å². The Bertz CT molecular complexity index is 1420. The third-order valence-corrected chi connectivity index (χ3v) is 9.74. The van der Waals surface area contributed by atoms with Gasteiger partial charge in [-0.2, -0.15) is 0 Å². The van der Waals surface area contributed by atoms with Crippen molar-refractivity contribution in [1.29, 1.82) is 0 Å². The molecule has 8 nitrogen and oxygen atoms in total. The zero-order chi connectivity index (χ0) is 28.0. The highest BCUT2D eigenvalue weighted by molar-refractivity contribution is 7.91. The number of nitrogen functional groups attached to an aromatic ring is 1. The van der Waals surface area contributed by atoms with Gasteiger partial charge in [0, 0.05) is 38.2 Å². The van der Waals surface area contributed by atoms with Gasteiger partial charge in [-0.25, -0.2) is 8.42 Å². The lowest BCUT2D eigenvalue weighted by molar-refractivity contribution is -0.0541. The minimum atomic E-state index is -3.36. The number of nitrogens with one attached hydrogen (secondary N) is 1. The summed E-state index contributed by atoms with van der Waals surface area (Å²) < 4.78 is 37.2. The molecule has 1 saturated heterocycles. The van der Waals surface area contributed by atoms with Crippen molar-refractivity contribution >= 4 is 43.8 Å². The quantitative estimate of drug-likeness (QED) is 0.256. The number of nitrogens with two attached hydrogens (primary N) is 1. The standard InChI is InChI=1S/C29H36ClN3O5S/c1-37-26-19-25(31)24(30)18-23(26)28(34)32-20-29(38-2)12-15-33(16-13-29)14-5-6-17-39(35,36)27-11-7-9-21-8-3-4-10-22(21)27/h3-4,7-11,18-19H,5-6,12-17,20,31H2,1-2H3,(H,32,34). The maximum atomic E-state index is 13.0. The highest BCUT2D eigenvalue weighted by Crippen LogP contribution is 2.30. The van der Waals surface area contributed by atoms with Crippen LogP contribution in [0.15, 0.2) is 59.5 Å². The van der Waals surface area contributed by atoms with Gasteiger partial charge in [0.25, 0.3) is 5.91 Å². The molecule has 39 heavy (non-hydrogen) atoms. The molecule has 3 N–H and O–H groups in total. The van der Waals surface area contributed by atoms with Crippen LogP contribution in [0.2, 0.25) is 5.02 Å². The van der Waals surface area contributed by atoms with Crippen molar-refractivity contribution in [2.24, 2.45) is 0 Å². The first-order valence-electron chi connectivity index (χ1n) is 13.1. The van der Waals surface area contributed by atoms with Crippen molar-refractivity contribution in [3.05, 3.63) is 65.2 Å². The van der Waals surface area contributed by atoms with Crippen LogP contribution in [0.3, 0.4) is 0 Å². The number of methoxy groups -OCH3 is 2. The first kappa shape index (κ1) is 29.1. The molecule has 3 aromatic rings. The Kier molecular flexibility index (Phi) is 9.38. The van der Waals surface area contributed by atoms with Gasteiger partial charge in [0.05, 0.1) is 39.6 Å². The summed E-state index contributed by atoms with van der Waals surface area (Å²) in [6, 6.07) is 16.0. The number of piperidine rings is 1. The van der Waals surface area contributed by atoms with Crippen LogP contribution in [0, 0.1) is 0 Å². The zero-order valence-electron chi connectivity index (χ0n) is 22.4. The highest BCUT2D eigenvalue weighted by atomic mass is 35.5. The van der Waals surface area contributed by atoms with Gasteiger partial charge < -0.3 is 25.4 Å². The number of sulfone groups is 1. The second-order valence-corrected chi connectivity index (χ2v) is 12.5. The minimum absolute atomic E-state index is 0.126. The number of likely N-dealkylation sites (tertiary alicyclic amines) is 1. The van der Waals surface area contributed by atoms with Gasteiger partial charge in [0.1, 0.15) is 5.75 Å². The molecule has 1 aliphatic rings. The van der Waals surface area contributed by atoms with Crippen molar-refractivity contribution in [3.63, 3.8) is 0 Å². The molecule has 0 radical (unpaired) electrons. The van der Waals surface area contributed by atoms with Crippen LogP contribution in [0.25, 0.3) is 10.8 Å². The summed E-state index contributed by atoms with van der Waals surface area (Å²) in [5, 5.41) is 4.96. The number of carbonyl (C=O) groups excluding carboxylic acids is 1. The van der Waals surface area contributed by atoms with Crippen molar-refractivity contribution in [2.45, 2.75) is 36.2 Å². The maximum Gasteiger partial charge on any atom is 0.255 e. The van der Waals surface area contributed by atoms with E-state index in [1.165, 1.54) is 19.2 Å². The van der Waals surface area contributed by atoms with Gasteiger partial charge in [0.15, 0.2) is 9.84 Å². The predicted octanol–water partition coefficient (Wildman–Crippen LogP) is 4.55. The fraction of sp³-hybridized carbons (Fsp3) is 0.414. The maximum absolute atomic E-state index is 13.0. The third-order valence-electron chi connectivity index (χ3n) is 7.56. The fourth-order valence-corrected chi connectivity index (χ4v) is 6.87. The van der Waals surface area contributed by atoms with E-state index >= 15 is 0 Å². The monoisotopic (exact) mass is 573 g/mol. The molecule has 0 aromatic heterocycles. The molecule has 0 atom stereocenters. The van der Waals surface area contributed by atoms with Crippen LogP contribution in [0.5, 0.6) is 5.75 Å². The normalized spacial score (nSPS) is 15.8. The van der Waals surface area contributed by atoms with Gasteiger partial charge in [-0.1, -0.05) is 48.0 Å². The average Bonchev–Trinajstić information content (AvgIpc) is 2.95. The zero-order valence-corrected chi connectivity index (χ0v) is 24.0. The Morgan fingerprint density at radius 1 is 1.08 bits per heavy atom. The van der Waals surface area contributed by atoms with Crippen LogP contribution < -0.4 is 15.8 Å². The summed E-state index contributed by atoms with van der Waals surface area (Å²) in [5.41, 5.74) is 6.01. The topological polar surface area (TPSA) is 111 Å².